The van der Waals surface area contributed by atoms with Crippen LogP contribution in [-0.2, 0) is 0 Å². The third-order valence-electron chi connectivity index (χ3n) is 3.63. The van der Waals surface area contributed by atoms with E-state index in [-0.39, 0.29) is 11.9 Å². The van der Waals surface area contributed by atoms with Gasteiger partial charge >= 0.3 is 0 Å². The molecule has 0 saturated carbocycles. The van der Waals surface area contributed by atoms with Gasteiger partial charge in [0.05, 0.1) is 6.04 Å². The largest absolute Gasteiger partial charge is 0.314 e. The Balaban J connectivity index is 2.02. The Morgan fingerprint density at radius 2 is 1.95 bits per heavy atom. The molecule has 2 heterocycles. The van der Waals surface area contributed by atoms with Crippen LogP contribution in [0.15, 0.2) is 35.0 Å². The molecule has 1 atom stereocenters. The van der Waals surface area contributed by atoms with Crippen LogP contribution >= 0.6 is 11.3 Å². The number of halogens is 2. The van der Waals surface area contributed by atoms with Crippen LogP contribution in [0, 0.1) is 11.6 Å². The van der Waals surface area contributed by atoms with Gasteiger partial charge in [-0.15, -0.1) is 0 Å². The van der Waals surface area contributed by atoms with E-state index in [1.54, 1.807) is 11.3 Å². The molecule has 3 rings (SSSR count). The number of hydrogen-bond donors (Lipinski definition) is 1. The monoisotopic (exact) mass is 294 g/mol. The van der Waals surface area contributed by atoms with E-state index in [9.17, 15) is 8.78 Å². The zero-order valence-electron chi connectivity index (χ0n) is 11.0. The standard InChI is InChI=1S/C15H16F2N2S/c16-12-1-2-14(17)13(9-12)15(11-3-8-20-10-11)19-6-4-18-5-7-19/h1-3,8-10,15,18H,4-7H2/t15-/m0/s1. The molecule has 2 aromatic rings. The maximum absolute atomic E-state index is 14.2. The molecule has 0 spiro atoms. The summed E-state index contributed by atoms with van der Waals surface area (Å²) in [6, 6.07) is 5.48. The first-order valence-corrected chi connectivity index (χ1v) is 7.62. The van der Waals surface area contributed by atoms with Crippen molar-refractivity contribution in [2.75, 3.05) is 26.2 Å². The van der Waals surface area contributed by atoms with Gasteiger partial charge in [0, 0.05) is 31.7 Å². The summed E-state index contributed by atoms with van der Waals surface area (Å²) in [7, 11) is 0. The number of rotatable bonds is 3. The second-order valence-corrected chi connectivity index (χ2v) is 5.69. The van der Waals surface area contributed by atoms with E-state index in [1.165, 1.54) is 18.2 Å². The lowest BCUT2D eigenvalue weighted by atomic mass is 9.98. The van der Waals surface area contributed by atoms with E-state index in [2.05, 4.69) is 10.2 Å². The molecule has 2 nitrogen and oxygen atoms in total. The van der Waals surface area contributed by atoms with Crippen LogP contribution in [0.5, 0.6) is 0 Å². The number of hydrogen-bond acceptors (Lipinski definition) is 3. The molecule has 0 bridgehead atoms. The zero-order valence-corrected chi connectivity index (χ0v) is 11.8. The Labute approximate surface area is 121 Å². The molecule has 1 aromatic heterocycles. The van der Waals surface area contributed by atoms with Crippen LogP contribution in [0.4, 0.5) is 8.78 Å². The lowest BCUT2D eigenvalue weighted by Gasteiger charge is -2.35. The van der Waals surface area contributed by atoms with E-state index in [1.807, 2.05) is 16.8 Å². The Bertz CT molecular complexity index is 565. The fourth-order valence-electron chi connectivity index (χ4n) is 2.68. The van der Waals surface area contributed by atoms with Crippen molar-refractivity contribution in [1.82, 2.24) is 10.2 Å². The van der Waals surface area contributed by atoms with Gasteiger partial charge < -0.3 is 5.32 Å². The van der Waals surface area contributed by atoms with Crippen molar-refractivity contribution in [3.8, 4) is 0 Å². The first kappa shape index (κ1) is 13.7. The minimum Gasteiger partial charge on any atom is -0.314 e. The fraction of sp³-hybridized carbons (Fsp3) is 0.333. The zero-order chi connectivity index (χ0) is 13.9. The molecule has 1 saturated heterocycles. The summed E-state index contributed by atoms with van der Waals surface area (Å²) >= 11 is 1.58. The molecule has 1 aliphatic heterocycles. The SMILES string of the molecule is Fc1ccc(F)c([C@H](c2ccsc2)N2CCNCC2)c1. The number of nitrogens with zero attached hydrogens (tertiary/aromatic N) is 1. The number of thiophene rings is 1. The van der Waals surface area contributed by atoms with Crippen LogP contribution < -0.4 is 5.32 Å². The van der Waals surface area contributed by atoms with E-state index >= 15 is 0 Å². The summed E-state index contributed by atoms with van der Waals surface area (Å²) < 4.78 is 27.7. The number of benzene rings is 1. The van der Waals surface area contributed by atoms with Crippen molar-refractivity contribution in [2.24, 2.45) is 0 Å². The van der Waals surface area contributed by atoms with Crippen molar-refractivity contribution < 1.29 is 8.78 Å². The molecule has 0 unspecified atom stereocenters. The van der Waals surface area contributed by atoms with Crippen LogP contribution in [0.1, 0.15) is 17.2 Å². The third-order valence-corrected chi connectivity index (χ3v) is 4.33. The van der Waals surface area contributed by atoms with Crippen LogP contribution in [0.3, 0.4) is 0 Å². The highest BCUT2D eigenvalue weighted by molar-refractivity contribution is 7.08. The second-order valence-electron chi connectivity index (χ2n) is 4.91. The topological polar surface area (TPSA) is 15.3 Å². The molecule has 0 aliphatic carbocycles. The van der Waals surface area contributed by atoms with Crippen LogP contribution in [0.2, 0.25) is 0 Å². The van der Waals surface area contributed by atoms with Gasteiger partial charge in [0.2, 0.25) is 0 Å². The highest BCUT2D eigenvalue weighted by atomic mass is 32.1. The Morgan fingerprint density at radius 1 is 1.15 bits per heavy atom. The summed E-state index contributed by atoms with van der Waals surface area (Å²) in [5.74, 6) is -0.738. The van der Waals surface area contributed by atoms with Crippen LogP contribution in [-0.4, -0.2) is 31.1 Å². The summed E-state index contributed by atoms with van der Waals surface area (Å²) in [6.07, 6.45) is 0. The normalized spacial score (nSPS) is 18.1. The molecular weight excluding hydrogens is 278 g/mol. The Hall–Kier alpha value is -1.30. The highest BCUT2D eigenvalue weighted by Crippen LogP contribution is 2.32. The summed E-state index contributed by atoms with van der Waals surface area (Å²) in [5, 5.41) is 7.27. The molecule has 1 aliphatic rings. The van der Waals surface area contributed by atoms with E-state index in [4.69, 9.17) is 0 Å². The number of nitrogens with one attached hydrogen (secondary N) is 1. The van der Waals surface area contributed by atoms with E-state index in [0.717, 1.165) is 31.7 Å². The molecule has 1 N–H and O–H groups in total. The second kappa shape index (κ2) is 5.99. The lowest BCUT2D eigenvalue weighted by Crippen LogP contribution is -2.45. The van der Waals surface area contributed by atoms with Gasteiger partial charge in [-0.25, -0.2) is 8.78 Å². The van der Waals surface area contributed by atoms with E-state index in [0.29, 0.717) is 5.56 Å². The fourth-order valence-corrected chi connectivity index (χ4v) is 3.36. The predicted molar refractivity (Wildman–Crippen MR) is 77.0 cm³/mol. The van der Waals surface area contributed by atoms with Crippen molar-refractivity contribution in [3.63, 3.8) is 0 Å². The Morgan fingerprint density at radius 3 is 2.65 bits per heavy atom. The smallest absolute Gasteiger partial charge is 0.128 e. The number of piperazine rings is 1. The molecule has 5 heteroatoms. The summed E-state index contributed by atoms with van der Waals surface area (Å²) in [6.45, 7) is 3.40. The van der Waals surface area contributed by atoms with Gasteiger partial charge in [-0.3, -0.25) is 4.90 Å². The van der Waals surface area contributed by atoms with Crippen molar-refractivity contribution in [3.05, 3.63) is 57.8 Å². The van der Waals surface area contributed by atoms with Crippen LogP contribution in [0.25, 0.3) is 0 Å². The average Bonchev–Trinajstić information content (AvgIpc) is 2.98. The minimum absolute atomic E-state index is 0.209. The van der Waals surface area contributed by atoms with Gasteiger partial charge in [-0.05, 0) is 40.6 Å². The average molecular weight is 294 g/mol. The molecule has 20 heavy (non-hydrogen) atoms. The maximum atomic E-state index is 14.2. The predicted octanol–water partition coefficient (Wildman–Crippen LogP) is 3.02. The highest BCUT2D eigenvalue weighted by Gasteiger charge is 2.26. The molecule has 1 aromatic carbocycles. The summed E-state index contributed by atoms with van der Waals surface area (Å²) in [4.78, 5) is 2.20. The minimum atomic E-state index is -0.392. The maximum Gasteiger partial charge on any atom is 0.128 e. The summed E-state index contributed by atoms with van der Waals surface area (Å²) in [5.41, 5.74) is 1.45. The molecule has 0 amide bonds. The molecular formula is C15H16F2N2S. The molecule has 106 valence electrons. The molecule has 0 radical (unpaired) electrons. The first-order chi connectivity index (χ1) is 9.75. The van der Waals surface area contributed by atoms with Gasteiger partial charge in [0.25, 0.3) is 0 Å². The molecule has 1 fully saturated rings. The first-order valence-electron chi connectivity index (χ1n) is 6.67. The van der Waals surface area contributed by atoms with Crippen molar-refractivity contribution in [1.29, 1.82) is 0 Å². The Kier molecular flexibility index (Phi) is 4.10. The third kappa shape index (κ3) is 2.75. The lowest BCUT2D eigenvalue weighted by molar-refractivity contribution is 0.195. The quantitative estimate of drug-likeness (QED) is 0.936. The van der Waals surface area contributed by atoms with Crippen molar-refractivity contribution >= 4 is 11.3 Å². The van der Waals surface area contributed by atoms with Gasteiger partial charge in [0.15, 0.2) is 0 Å². The van der Waals surface area contributed by atoms with Crippen molar-refractivity contribution in [2.45, 2.75) is 6.04 Å². The van der Waals surface area contributed by atoms with Gasteiger partial charge in [-0.1, -0.05) is 0 Å². The van der Waals surface area contributed by atoms with Gasteiger partial charge in [-0.2, -0.15) is 11.3 Å². The van der Waals surface area contributed by atoms with Gasteiger partial charge in [0.1, 0.15) is 11.6 Å². The van der Waals surface area contributed by atoms with E-state index < -0.39 is 5.82 Å².